The quantitative estimate of drug-likeness (QED) is 0.659. The van der Waals surface area contributed by atoms with Gasteiger partial charge in [0.05, 0.1) is 17.5 Å². The molecule has 3 heterocycles. The van der Waals surface area contributed by atoms with E-state index < -0.39 is 9.84 Å². The Balaban J connectivity index is 1.16. The predicted molar refractivity (Wildman–Crippen MR) is 138 cm³/mol. The minimum absolute atomic E-state index is 0.00737. The zero-order valence-corrected chi connectivity index (χ0v) is 20.9. The number of carbonyl (C=O) groups is 1. The second kappa shape index (κ2) is 9.71. The van der Waals surface area contributed by atoms with E-state index in [4.69, 9.17) is 0 Å². The number of hydrogen-bond donors (Lipinski definition) is 2. The van der Waals surface area contributed by atoms with E-state index in [0.29, 0.717) is 5.56 Å². The second-order valence-corrected chi connectivity index (χ2v) is 12.8. The third kappa shape index (κ3) is 5.47. The number of nitrogens with one attached hydrogen (secondary N) is 2. The van der Waals surface area contributed by atoms with Gasteiger partial charge in [0.2, 0.25) is 0 Å². The van der Waals surface area contributed by atoms with Crippen molar-refractivity contribution in [3.8, 4) is 0 Å². The summed E-state index contributed by atoms with van der Waals surface area (Å²) in [7, 11) is -2.97. The number of rotatable bonds is 5. The summed E-state index contributed by atoms with van der Waals surface area (Å²) >= 11 is 1.48. The molecule has 2 fully saturated rings. The average molecular weight is 499 g/mol. The Morgan fingerprint density at radius 2 is 1.88 bits per heavy atom. The number of aliphatic imine (C=N–C) groups is 1. The molecule has 0 unspecified atom stereocenters. The molecule has 2 saturated heterocycles. The average Bonchev–Trinajstić information content (AvgIpc) is 3.29. The summed E-state index contributed by atoms with van der Waals surface area (Å²) in [5.41, 5.74) is 3.78. The minimum Gasteiger partial charge on any atom is -0.349 e. The number of anilines is 1. The predicted octanol–water partition coefficient (Wildman–Crippen LogP) is 3.07. The van der Waals surface area contributed by atoms with Gasteiger partial charge >= 0.3 is 0 Å². The van der Waals surface area contributed by atoms with Gasteiger partial charge in [0, 0.05) is 42.2 Å². The summed E-state index contributed by atoms with van der Waals surface area (Å²) in [5.74, 6) is 0.248. The molecule has 0 aliphatic carbocycles. The van der Waals surface area contributed by atoms with E-state index in [1.165, 1.54) is 17.3 Å². The fourth-order valence-corrected chi connectivity index (χ4v) is 8.44. The number of amides is 1. The van der Waals surface area contributed by atoms with Crippen molar-refractivity contribution in [2.24, 2.45) is 4.99 Å². The lowest BCUT2D eigenvalue weighted by Gasteiger charge is -2.32. The Bertz CT molecular complexity index is 1190. The first kappa shape index (κ1) is 23.4. The van der Waals surface area contributed by atoms with E-state index in [1.54, 1.807) is 0 Å². The van der Waals surface area contributed by atoms with Gasteiger partial charge < -0.3 is 10.6 Å². The minimum atomic E-state index is -2.97. The highest BCUT2D eigenvalue weighted by Gasteiger charge is 2.42. The maximum absolute atomic E-state index is 13.0. The normalized spacial score (nSPS) is 24.4. The molecule has 7 nitrogen and oxygen atoms in total. The van der Waals surface area contributed by atoms with Crippen LogP contribution in [0.2, 0.25) is 0 Å². The van der Waals surface area contributed by atoms with Crippen molar-refractivity contribution in [2.75, 3.05) is 29.9 Å². The number of nitrogens with zero attached hydrogens (tertiary/aromatic N) is 2. The van der Waals surface area contributed by atoms with E-state index >= 15 is 0 Å². The molecule has 2 aromatic rings. The van der Waals surface area contributed by atoms with Gasteiger partial charge in [0.25, 0.3) is 5.91 Å². The van der Waals surface area contributed by atoms with E-state index in [1.807, 2.05) is 31.2 Å². The number of carbonyl (C=O) groups excluding carboxylic acids is 1. The number of amidine groups is 1. The molecule has 34 heavy (non-hydrogen) atoms. The lowest BCUT2D eigenvalue weighted by molar-refractivity contribution is 0.0909. The molecule has 0 saturated carbocycles. The van der Waals surface area contributed by atoms with E-state index in [-0.39, 0.29) is 34.7 Å². The fraction of sp³-hybridized carbons (Fsp3) is 0.440. The van der Waals surface area contributed by atoms with Crippen molar-refractivity contribution in [1.82, 2.24) is 10.2 Å². The van der Waals surface area contributed by atoms with Gasteiger partial charge in [0.15, 0.2) is 15.0 Å². The van der Waals surface area contributed by atoms with Crippen molar-refractivity contribution >= 4 is 38.4 Å². The van der Waals surface area contributed by atoms with Gasteiger partial charge in [-0.2, -0.15) is 0 Å². The first-order valence-corrected chi connectivity index (χ1v) is 14.4. The first-order chi connectivity index (χ1) is 16.3. The summed E-state index contributed by atoms with van der Waals surface area (Å²) in [5, 5.41) is 7.26. The molecule has 0 aromatic heterocycles. The highest BCUT2D eigenvalue weighted by atomic mass is 32.2. The van der Waals surface area contributed by atoms with Crippen LogP contribution in [0.3, 0.4) is 0 Å². The highest BCUT2D eigenvalue weighted by Crippen LogP contribution is 2.35. The zero-order chi connectivity index (χ0) is 23.7. The second-order valence-electron chi connectivity index (χ2n) is 9.40. The van der Waals surface area contributed by atoms with Crippen molar-refractivity contribution in [3.05, 3.63) is 65.2 Å². The molecule has 5 rings (SSSR count). The van der Waals surface area contributed by atoms with Crippen molar-refractivity contribution in [2.45, 2.75) is 43.6 Å². The van der Waals surface area contributed by atoms with Gasteiger partial charge in [-0.1, -0.05) is 48.2 Å². The fourth-order valence-electron chi connectivity index (χ4n) is 4.77. The monoisotopic (exact) mass is 498 g/mol. The van der Waals surface area contributed by atoms with E-state index in [2.05, 4.69) is 44.8 Å². The number of aryl methyl sites for hydroxylation is 1. The Hall–Kier alpha value is -2.36. The van der Waals surface area contributed by atoms with Crippen LogP contribution in [0.25, 0.3) is 0 Å². The SMILES string of the molecule is Cc1ccc(C(=O)NC2CCN(Cc3ccccc3)CC2)cc1NC1=N[C@@H]2CS(=O)(=O)C[C@H]2S1. The third-order valence-electron chi connectivity index (χ3n) is 6.73. The van der Waals surface area contributed by atoms with Gasteiger partial charge in [-0.25, -0.2) is 8.42 Å². The third-order valence-corrected chi connectivity index (χ3v) is 9.87. The van der Waals surface area contributed by atoms with Gasteiger partial charge in [0.1, 0.15) is 0 Å². The molecule has 3 aliphatic rings. The van der Waals surface area contributed by atoms with Crippen LogP contribution in [0.1, 0.15) is 34.3 Å². The number of benzene rings is 2. The lowest BCUT2D eigenvalue weighted by atomic mass is 10.0. The van der Waals surface area contributed by atoms with Crippen LogP contribution in [-0.4, -0.2) is 66.3 Å². The number of thioether (sulfide) groups is 1. The zero-order valence-electron chi connectivity index (χ0n) is 19.2. The van der Waals surface area contributed by atoms with Gasteiger partial charge in [-0.15, -0.1) is 0 Å². The highest BCUT2D eigenvalue weighted by molar-refractivity contribution is 8.15. The molecule has 180 valence electrons. The smallest absolute Gasteiger partial charge is 0.251 e. The van der Waals surface area contributed by atoms with Crippen molar-refractivity contribution in [1.29, 1.82) is 0 Å². The topological polar surface area (TPSA) is 90.9 Å². The summed E-state index contributed by atoms with van der Waals surface area (Å²) in [4.78, 5) is 20.0. The number of hydrogen-bond acceptors (Lipinski definition) is 7. The Labute approximate surface area is 205 Å². The molecule has 0 radical (unpaired) electrons. The van der Waals surface area contributed by atoms with Crippen LogP contribution in [0.4, 0.5) is 5.69 Å². The van der Waals surface area contributed by atoms with E-state index in [0.717, 1.165) is 48.9 Å². The molecule has 2 aromatic carbocycles. The summed E-state index contributed by atoms with van der Waals surface area (Å²) in [6.07, 6.45) is 1.88. The number of likely N-dealkylation sites (tertiary alicyclic amines) is 1. The Morgan fingerprint density at radius 1 is 1.12 bits per heavy atom. The van der Waals surface area contributed by atoms with Crippen LogP contribution in [0.5, 0.6) is 0 Å². The summed E-state index contributed by atoms with van der Waals surface area (Å²) in [6.45, 7) is 4.87. The molecule has 9 heteroatoms. The molecule has 3 aliphatic heterocycles. The number of sulfone groups is 1. The number of piperidine rings is 1. The summed E-state index contributed by atoms with van der Waals surface area (Å²) < 4.78 is 23.6. The van der Waals surface area contributed by atoms with Gasteiger partial charge in [-0.3, -0.25) is 14.7 Å². The van der Waals surface area contributed by atoms with E-state index in [9.17, 15) is 13.2 Å². The first-order valence-electron chi connectivity index (χ1n) is 11.7. The molecular weight excluding hydrogens is 468 g/mol. The van der Waals surface area contributed by atoms with Crippen molar-refractivity contribution in [3.63, 3.8) is 0 Å². The summed E-state index contributed by atoms with van der Waals surface area (Å²) in [6, 6.07) is 16.1. The molecular formula is C25H30N4O3S2. The maximum atomic E-state index is 13.0. The Morgan fingerprint density at radius 3 is 2.62 bits per heavy atom. The van der Waals surface area contributed by atoms with Crippen LogP contribution < -0.4 is 10.6 Å². The van der Waals surface area contributed by atoms with Crippen LogP contribution >= 0.6 is 11.8 Å². The largest absolute Gasteiger partial charge is 0.349 e. The van der Waals surface area contributed by atoms with Gasteiger partial charge in [-0.05, 0) is 43.0 Å². The molecule has 0 bridgehead atoms. The standard InChI is InChI=1S/C25H30N4O3S2/c1-17-7-8-19(13-21(17)27-25-28-22-15-34(31,32)16-23(22)33-25)24(30)26-20-9-11-29(12-10-20)14-18-5-3-2-4-6-18/h2-8,13,20,22-23H,9-12,14-16H2,1H3,(H,26,30)(H,27,28)/t22-,23-/m1/s1. The Kier molecular flexibility index (Phi) is 6.68. The molecule has 0 spiro atoms. The van der Waals surface area contributed by atoms with Crippen molar-refractivity contribution < 1.29 is 13.2 Å². The number of fused-ring (bicyclic) bond motifs is 1. The lowest BCUT2D eigenvalue weighted by Crippen LogP contribution is -2.44. The molecule has 1 amide bonds. The van der Waals surface area contributed by atoms with Crippen LogP contribution in [0.15, 0.2) is 53.5 Å². The van der Waals surface area contributed by atoms with Crippen LogP contribution in [-0.2, 0) is 16.4 Å². The maximum Gasteiger partial charge on any atom is 0.251 e. The van der Waals surface area contributed by atoms with Crippen LogP contribution in [0, 0.1) is 6.92 Å². The molecule has 2 N–H and O–H groups in total. The molecule has 2 atom stereocenters.